The Bertz CT molecular complexity index is 2920. The van der Waals surface area contributed by atoms with Crippen molar-refractivity contribution in [3.63, 3.8) is 0 Å². The Hall–Kier alpha value is -5.46. The van der Waals surface area contributed by atoms with Gasteiger partial charge >= 0.3 is 318 Å². The van der Waals surface area contributed by atoms with Gasteiger partial charge in [0.2, 0.25) is 0 Å². The molecule has 0 saturated heterocycles. The standard InChI is InChI=1S/C52H38Se/c1-3-16-33(17-4-1)48-36-20-7-9-22-38(36)50(39-23-10-8-21-37(39)48)35-30-31-47-46(32-35)44-28-15-29-45(52(44)53-47)51-42-26-13-11-24-40(42)49(34-18-5-2-6-19-34)41-25-12-14-27-43(41)51/h2,5-15,18-33H,1,3-4,16-17H2. The van der Waals surface area contributed by atoms with E-state index < -0.39 is 0 Å². The third-order valence-corrected chi connectivity index (χ3v) is 14.6. The molecule has 0 spiro atoms. The molecule has 9 aromatic carbocycles. The Balaban J connectivity index is 1.16. The topological polar surface area (TPSA) is 0 Å². The van der Waals surface area contributed by atoms with E-state index in [2.05, 4.69) is 164 Å². The van der Waals surface area contributed by atoms with Gasteiger partial charge < -0.3 is 0 Å². The zero-order chi connectivity index (χ0) is 34.9. The second-order valence-electron chi connectivity index (χ2n) is 14.9. The van der Waals surface area contributed by atoms with Crippen LogP contribution in [0.25, 0.3) is 95.8 Å². The van der Waals surface area contributed by atoms with E-state index in [1.165, 1.54) is 128 Å². The van der Waals surface area contributed by atoms with E-state index >= 15 is 0 Å². The van der Waals surface area contributed by atoms with Crippen molar-refractivity contribution in [1.29, 1.82) is 0 Å². The summed E-state index contributed by atoms with van der Waals surface area (Å²) in [6.07, 6.45) is 6.65. The summed E-state index contributed by atoms with van der Waals surface area (Å²) >= 11 is 0.190. The molecule has 1 saturated carbocycles. The van der Waals surface area contributed by atoms with Crippen molar-refractivity contribution in [3.05, 3.63) is 169 Å². The van der Waals surface area contributed by atoms with E-state index in [0.717, 1.165) is 0 Å². The maximum atomic E-state index is 2.52. The first-order chi connectivity index (χ1) is 26.3. The summed E-state index contributed by atoms with van der Waals surface area (Å²) in [5.74, 6) is 0.634. The van der Waals surface area contributed by atoms with Crippen LogP contribution in [0.2, 0.25) is 0 Å². The van der Waals surface area contributed by atoms with Crippen LogP contribution in [0, 0.1) is 0 Å². The maximum absolute atomic E-state index is 2.52. The molecule has 0 nitrogen and oxygen atoms in total. The monoisotopic (exact) mass is 742 g/mol. The van der Waals surface area contributed by atoms with Crippen molar-refractivity contribution in [2.75, 3.05) is 0 Å². The first kappa shape index (κ1) is 31.1. The Morgan fingerprint density at radius 1 is 0.358 bits per heavy atom. The normalized spacial score (nSPS) is 14.0. The van der Waals surface area contributed by atoms with Crippen LogP contribution in [0.3, 0.4) is 0 Å². The molecule has 1 aliphatic carbocycles. The van der Waals surface area contributed by atoms with Crippen LogP contribution in [0.5, 0.6) is 0 Å². The van der Waals surface area contributed by atoms with Gasteiger partial charge in [-0.2, -0.15) is 0 Å². The molecule has 252 valence electrons. The van der Waals surface area contributed by atoms with Gasteiger partial charge in [-0.25, -0.2) is 0 Å². The third kappa shape index (κ3) is 4.88. The SMILES string of the molecule is c1ccc(-c2c3ccccc3c(-c3cccc4c3[se]c3ccc(-c5c6ccccc6c(C6CCCCC6)c6ccccc56)cc34)c3ccccc23)cc1. The molecule has 0 radical (unpaired) electrons. The van der Waals surface area contributed by atoms with Gasteiger partial charge in [0.1, 0.15) is 0 Å². The summed E-state index contributed by atoms with van der Waals surface area (Å²) in [5, 5.41) is 13.7. The minimum absolute atomic E-state index is 0.190. The van der Waals surface area contributed by atoms with E-state index in [1.807, 2.05) is 0 Å². The molecule has 53 heavy (non-hydrogen) atoms. The zero-order valence-electron chi connectivity index (χ0n) is 29.6. The third-order valence-electron chi connectivity index (χ3n) is 12.0. The van der Waals surface area contributed by atoms with Crippen LogP contribution in [0.15, 0.2) is 164 Å². The molecule has 10 aromatic rings. The molecule has 0 bridgehead atoms. The summed E-state index contributed by atoms with van der Waals surface area (Å²) in [4.78, 5) is 0. The van der Waals surface area contributed by atoms with Crippen LogP contribution in [-0.2, 0) is 0 Å². The van der Waals surface area contributed by atoms with Crippen molar-refractivity contribution in [2.45, 2.75) is 38.0 Å². The van der Waals surface area contributed by atoms with Gasteiger partial charge in [0.05, 0.1) is 0 Å². The average molecular weight is 742 g/mol. The molecule has 0 amide bonds. The van der Waals surface area contributed by atoms with Crippen molar-refractivity contribution < 1.29 is 0 Å². The Morgan fingerprint density at radius 2 is 0.849 bits per heavy atom. The van der Waals surface area contributed by atoms with Crippen LogP contribution < -0.4 is 0 Å². The summed E-state index contributed by atoms with van der Waals surface area (Å²) in [6.45, 7) is 0. The molecule has 1 fully saturated rings. The number of hydrogen-bond donors (Lipinski definition) is 0. The van der Waals surface area contributed by atoms with Crippen molar-refractivity contribution >= 4 is 76.9 Å². The van der Waals surface area contributed by atoms with Crippen LogP contribution in [-0.4, -0.2) is 14.5 Å². The molecule has 0 unspecified atom stereocenters. The average Bonchev–Trinajstić information content (AvgIpc) is 3.61. The molecular formula is C52H38Se. The van der Waals surface area contributed by atoms with Crippen LogP contribution in [0.4, 0.5) is 0 Å². The van der Waals surface area contributed by atoms with E-state index in [1.54, 1.807) is 5.56 Å². The molecule has 1 aromatic heterocycles. The van der Waals surface area contributed by atoms with Gasteiger partial charge in [0.25, 0.3) is 0 Å². The molecule has 1 heterocycles. The van der Waals surface area contributed by atoms with Crippen LogP contribution in [0.1, 0.15) is 43.6 Å². The number of fused-ring (bicyclic) bond motifs is 7. The predicted molar refractivity (Wildman–Crippen MR) is 231 cm³/mol. The predicted octanol–water partition coefficient (Wildman–Crippen LogP) is 14.7. The van der Waals surface area contributed by atoms with E-state index in [9.17, 15) is 0 Å². The zero-order valence-corrected chi connectivity index (χ0v) is 31.3. The molecule has 11 rings (SSSR count). The van der Waals surface area contributed by atoms with Gasteiger partial charge in [0.15, 0.2) is 0 Å². The second-order valence-corrected chi connectivity index (χ2v) is 17.1. The molecule has 0 atom stereocenters. The summed E-state index contributed by atoms with van der Waals surface area (Å²) in [6, 6.07) is 62.0. The van der Waals surface area contributed by atoms with Gasteiger partial charge in [-0.15, -0.1) is 0 Å². The van der Waals surface area contributed by atoms with Crippen molar-refractivity contribution in [3.8, 4) is 33.4 Å². The Morgan fingerprint density at radius 3 is 1.45 bits per heavy atom. The van der Waals surface area contributed by atoms with E-state index in [0.29, 0.717) is 5.92 Å². The Labute approximate surface area is 316 Å². The molecule has 0 aliphatic heterocycles. The molecular weight excluding hydrogens is 704 g/mol. The summed E-state index contributed by atoms with van der Waals surface area (Å²) in [5.41, 5.74) is 9.60. The number of hydrogen-bond acceptors (Lipinski definition) is 0. The van der Waals surface area contributed by atoms with E-state index in [4.69, 9.17) is 0 Å². The minimum atomic E-state index is 0.190. The first-order valence-corrected chi connectivity index (χ1v) is 20.9. The van der Waals surface area contributed by atoms with E-state index in [-0.39, 0.29) is 14.5 Å². The fourth-order valence-corrected chi connectivity index (χ4v) is 12.3. The van der Waals surface area contributed by atoms with Crippen molar-refractivity contribution in [2.24, 2.45) is 0 Å². The fraction of sp³-hybridized carbons (Fsp3) is 0.115. The quantitative estimate of drug-likeness (QED) is 0.124. The van der Waals surface area contributed by atoms with Gasteiger partial charge in [-0.05, 0) is 0 Å². The Kier molecular flexibility index (Phi) is 7.39. The fourth-order valence-electron chi connectivity index (χ4n) is 9.79. The first-order valence-electron chi connectivity index (χ1n) is 19.2. The summed E-state index contributed by atoms with van der Waals surface area (Å²) < 4.78 is 2.97. The summed E-state index contributed by atoms with van der Waals surface area (Å²) in [7, 11) is 0. The molecule has 1 aliphatic rings. The van der Waals surface area contributed by atoms with Crippen LogP contribution >= 0.6 is 0 Å². The van der Waals surface area contributed by atoms with Crippen molar-refractivity contribution in [1.82, 2.24) is 0 Å². The molecule has 0 N–H and O–H groups in total. The van der Waals surface area contributed by atoms with Gasteiger partial charge in [-0.3, -0.25) is 0 Å². The molecule has 1 heteroatoms. The number of rotatable bonds is 4. The number of benzene rings is 9. The van der Waals surface area contributed by atoms with Gasteiger partial charge in [-0.1, -0.05) is 0 Å². The van der Waals surface area contributed by atoms with Gasteiger partial charge in [0, 0.05) is 0 Å². The second kappa shape index (κ2) is 12.6.